The molecule has 2 atom stereocenters. The van der Waals surface area contributed by atoms with E-state index < -0.39 is 6.41 Å². The normalized spacial score (nSPS) is 25.8. The fourth-order valence-corrected chi connectivity index (χ4v) is 1.83. The lowest BCUT2D eigenvalue weighted by Crippen LogP contribution is -2.42. The molecule has 1 aliphatic heterocycles. The molecule has 1 heterocycles. The van der Waals surface area contributed by atoms with Gasteiger partial charge in [0.15, 0.2) is 0 Å². The Bertz CT molecular complexity index is 192. The van der Waals surface area contributed by atoms with E-state index in [-0.39, 0.29) is 5.60 Å². The monoisotopic (exact) mass is 216 g/mol. The molecule has 4 heteroatoms. The first kappa shape index (κ1) is 12.9. The van der Waals surface area contributed by atoms with Gasteiger partial charge >= 0.3 is 0 Å². The molecular weight excluding hydrogens is 192 g/mol. The number of nitrogens with one attached hydrogen (secondary N) is 1. The third-order valence-corrected chi connectivity index (χ3v) is 2.48. The van der Waals surface area contributed by atoms with Crippen molar-refractivity contribution in [3.05, 3.63) is 0 Å². The number of rotatable bonds is 4. The van der Waals surface area contributed by atoms with Crippen molar-refractivity contribution in [2.24, 2.45) is 0 Å². The van der Waals surface area contributed by atoms with Gasteiger partial charge in [-0.2, -0.15) is 0 Å². The molecule has 0 saturated carbocycles. The van der Waals surface area contributed by atoms with Gasteiger partial charge in [0.1, 0.15) is 0 Å². The Hall–Kier alpha value is -0.160. The van der Waals surface area contributed by atoms with Crippen molar-refractivity contribution < 1.29 is 9.84 Å². The largest absolute Gasteiger partial charge is 0.356 e. The highest BCUT2D eigenvalue weighted by Crippen LogP contribution is 2.17. The molecule has 15 heavy (non-hydrogen) atoms. The maximum atomic E-state index is 9.85. The van der Waals surface area contributed by atoms with Crippen LogP contribution in [0.1, 0.15) is 34.1 Å². The van der Waals surface area contributed by atoms with Gasteiger partial charge in [0, 0.05) is 19.1 Å². The van der Waals surface area contributed by atoms with Crippen molar-refractivity contribution >= 4 is 0 Å². The van der Waals surface area contributed by atoms with Crippen LogP contribution in [0.5, 0.6) is 0 Å². The van der Waals surface area contributed by atoms with Crippen LogP contribution >= 0.6 is 0 Å². The maximum Gasteiger partial charge on any atom is 0.216 e. The van der Waals surface area contributed by atoms with Gasteiger partial charge < -0.3 is 15.2 Å². The minimum Gasteiger partial charge on any atom is -0.356 e. The van der Waals surface area contributed by atoms with Crippen molar-refractivity contribution in [2.45, 2.75) is 52.2 Å². The summed E-state index contributed by atoms with van der Waals surface area (Å²) >= 11 is 0. The number of likely N-dealkylation sites (N-methyl/N-ethyl adjacent to an activating group) is 1. The number of hydrogen-bond acceptors (Lipinski definition) is 4. The number of nitrogens with zero attached hydrogens (tertiary/aromatic N) is 1. The fraction of sp³-hybridized carbons (Fsp3) is 1.00. The van der Waals surface area contributed by atoms with Crippen LogP contribution in [-0.4, -0.2) is 47.7 Å². The maximum absolute atomic E-state index is 9.85. The molecule has 4 nitrogen and oxygen atoms in total. The molecule has 90 valence electrons. The van der Waals surface area contributed by atoms with E-state index in [1.807, 2.05) is 25.7 Å². The van der Waals surface area contributed by atoms with Gasteiger partial charge in [-0.3, -0.25) is 4.90 Å². The van der Waals surface area contributed by atoms with Crippen LogP contribution in [0.15, 0.2) is 0 Å². The van der Waals surface area contributed by atoms with Gasteiger partial charge in [-0.25, -0.2) is 0 Å². The van der Waals surface area contributed by atoms with Gasteiger partial charge in [0.05, 0.1) is 5.60 Å². The van der Waals surface area contributed by atoms with E-state index in [0.717, 1.165) is 26.1 Å². The molecule has 1 aliphatic rings. The summed E-state index contributed by atoms with van der Waals surface area (Å²) in [6.07, 6.45) is 0.312. The Morgan fingerprint density at radius 3 is 2.73 bits per heavy atom. The first-order valence-corrected chi connectivity index (χ1v) is 5.75. The van der Waals surface area contributed by atoms with Gasteiger partial charge in [-0.15, -0.1) is 0 Å². The fourth-order valence-electron chi connectivity index (χ4n) is 1.83. The van der Waals surface area contributed by atoms with E-state index in [9.17, 15) is 5.11 Å². The molecule has 1 saturated heterocycles. The van der Waals surface area contributed by atoms with E-state index in [1.165, 1.54) is 0 Å². The summed E-state index contributed by atoms with van der Waals surface area (Å²) in [7, 11) is 0. The molecule has 1 unspecified atom stereocenters. The average molecular weight is 216 g/mol. The summed E-state index contributed by atoms with van der Waals surface area (Å²) in [5, 5.41) is 13.2. The number of ether oxygens (including phenoxy) is 1. The number of aliphatic hydroxyl groups is 1. The Morgan fingerprint density at radius 2 is 2.20 bits per heavy atom. The molecule has 1 fully saturated rings. The second kappa shape index (κ2) is 5.25. The lowest BCUT2D eigenvalue weighted by Gasteiger charge is -2.29. The van der Waals surface area contributed by atoms with E-state index in [4.69, 9.17) is 4.74 Å². The summed E-state index contributed by atoms with van der Waals surface area (Å²) < 4.78 is 5.50. The standard InChI is InChI=1S/C11H24N2O2/c1-5-12-9-6-7-13(8-9)10(14)15-11(2,3)4/h9-10,12,14H,5-8H2,1-4H3/t9-,10?/m1/s1. The molecular formula is C11H24N2O2. The Kier molecular flexibility index (Phi) is 4.52. The van der Waals surface area contributed by atoms with Crippen molar-refractivity contribution in [1.82, 2.24) is 10.2 Å². The van der Waals surface area contributed by atoms with Gasteiger partial charge in [-0.1, -0.05) is 6.92 Å². The molecule has 0 aliphatic carbocycles. The first-order valence-electron chi connectivity index (χ1n) is 5.75. The van der Waals surface area contributed by atoms with Crippen molar-refractivity contribution in [1.29, 1.82) is 0 Å². The van der Waals surface area contributed by atoms with E-state index in [0.29, 0.717) is 6.04 Å². The van der Waals surface area contributed by atoms with Crippen molar-refractivity contribution in [2.75, 3.05) is 19.6 Å². The first-order chi connectivity index (χ1) is 6.92. The summed E-state index contributed by atoms with van der Waals surface area (Å²) in [6.45, 7) is 10.7. The second-order valence-electron chi connectivity index (χ2n) is 5.09. The third-order valence-electron chi connectivity index (χ3n) is 2.48. The molecule has 1 rings (SSSR count). The Morgan fingerprint density at radius 1 is 1.53 bits per heavy atom. The molecule has 0 bridgehead atoms. The minimum absolute atomic E-state index is 0.296. The number of aliphatic hydroxyl groups excluding tert-OH is 1. The van der Waals surface area contributed by atoms with Crippen molar-refractivity contribution in [3.8, 4) is 0 Å². The zero-order chi connectivity index (χ0) is 11.5. The van der Waals surface area contributed by atoms with E-state index in [2.05, 4.69) is 12.2 Å². The predicted molar refractivity (Wildman–Crippen MR) is 60.5 cm³/mol. The summed E-state index contributed by atoms with van der Waals surface area (Å²) in [5.41, 5.74) is -0.296. The van der Waals surface area contributed by atoms with E-state index >= 15 is 0 Å². The molecule has 2 N–H and O–H groups in total. The lowest BCUT2D eigenvalue weighted by molar-refractivity contribution is -0.234. The number of hydrogen-bond donors (Lipinski definition) is 2. The summed E-state index contributed by atoms with van der Waals surface area (Å²) in [5.74, 6) is 0. The quantitative estimate of drug-likeness (QED) is 0.681. The highest BCUT2D eigenvalue weighted by molar-refractivity contribution is 4.80. The van der Waals surface area contributed by atoms with Gasteiger partial charge in [-0.05, 0) is 33.7 Å². The van der Waals surface area contributed by atoms with Gasteiger partial charge in [0.25, 0.3) is 0 Å². The molecule has 0 aromatic heterocycles. The third kappa shape index (κ3) is 4.47. The van der Waals surface area contributed by atoms with Crippen LogP contribution in [0.25, 0.3) is 0 Å². The molecule has 0 radical (unpaired) electrons. The Labute approximate surface area is 92.6 Å². The number of likely N-dealkylation sites (tertiary alicyclic amines) is 1. The zero-order valence-corrected chi connectivity index (χ0v) is 10.3. The van der Waals surface area contributed by atoms with Crippen molar-refractivity contribution in [3.63, 3.8) is 0 Å². The molecule has 0 aromatic rings. The topological polar surface area (TPSA) is 44.7 Å². The zero-order valence-electron chi connectivity index (χ0n) is 10.3. The minimum atomic E-state index is -0.770. The van der Waals surface area contributed by atoms with Crippen LogP contribution in [0.3, 0.4) is 0 Å². The highest BCUT2D eigenvalue weighted by Gasteiger charge is 2.29. The summed E-state index contributed by atoms with van der Waals surface area (Å²) in [4.78, 5) is 1.97. The lowest BCUT2D eigenvalue weighted by atomic mass is 10.2. The summed E-state index contributed by atoms with van der Waals surface area (Å²) in [6, 6.07) is 0.494. The SMILES string of the molecule is CCN[C@@H]1CCN(C(O)OC(C)(C)C)C1. The molecule has 0 spiro atoms. The van der Waals surface area contributed by atoms with Crippen LogP contribution in [0.4, 0.5) is 0 Å². The van der Waals surface area contributed by atoms with E-state index in [1.54, 1.807) is 0 Å². The van der Waals surface area contributed by atoms with Crippen LogP contribution in [-0.2, 0) is 4.74 Å². The molecule has 0 amide bonds. The predicted octanol–water partition coefficient (Wildman–Crippen LogP) is 0.761. The smallest absolute Gasteiger partial charge is 0.216 e. The Balaban J connectivity index is 2.33. The average Bonchev–Trinajstić information content (AvgIpc) is 2.50. The van der Waals surface area contributed by atoms with Crippen LogP contribution in [0.2, 0.25) is 0 Å². The van der Waals surface area contributed by atoms with Crippen LogP contribution < -0.4 is 5.32 Å². The second-order valence-corrected chi connectivity index (χ2v) is 5.09. The van der Waals surface area contributed by atoms with Gasteiger partial charge in [0.2, 0.25) is 6.41 Å². The highest BCUT2D eigenvalue weighted by atomic mass is 16.6. The molecule has 0 aromatic carbocycles. The van der Waals surface area contributed by atoms with Crippen LogP contribution in [0, 0.1) is 0 Å².